The average molecular weight is 333 g/mol. The molecule has 2 aliphatic heterocycles. The summed E-state index contributed by atoms with van der Waals surface area (Å²) in [5.41, 5.74) is 7.84. The molecule has 3 N–H and O–H groups in total. The molecule has 0 unspecified atom stereocenters. The molecule has 1 aromatic rings. The Balaban J connectivity index is 1.59. The van der Waals surface area contributed by atoms with Gasteiger partial charge in [0, 0.05) is 39.4 Å². The number of morpholine rings is 1. The van der Waals surface area contributed by atoms with Gasteiger partial charge in [0.15, 0.2) is 0 Å². The molecule has 3 rings (SSSR count). The first-order valence-corrected chi connectivity index (χ1v) is 8.69. The zero-order chi connectivity index (χ0) is 16.8. The first-order chi connectivity index (χ1) is 11.7. The quantitative estimate of drug-likeness (QED) is 0.827. The van der Waals surface area contributed by atoms with Crippen LogP contribution in [-0.2, 0) is 27.4 Å². The van der Waals surface area contributed by atoms with Gasteiger partial charge in [0.05, 0.1) is 18.8 Å². The number of carbonyl (C=O) groups excluding carboxylic acids is 1. The standard InChI is InChI=1S/C18H27N3O3/c19-18(5-9-23-10-6-18)17(22)20-13-15-3-1-2-4-16(15)14-21-7-11-24-12-8-21/h1-4H,5-14,19H2,(H,20,22). The Hall–Kier alpha value is -1.47. The van der Waals surface area contributed by atoms with E-state index < -0.39 is 5.54 Å². The van der Waals surface area contributed by atoms with Crippen LogP contribution in [-0.4, -0.2) is 55.9 Å². The summed E-state index contributed by atoms with van der Waals surface area (Å²) in [6.07, 6.45) is 1.16. The fourth-order valence-corrected chi connectivity index (χ4v) is 3.20. The van der Waals surface area contributed by atoms with E-state index in [9.17, 15) is 4.79 Å². The summed E-state index contributed by atoms with van der Waals surface area (Å²) < 4.78 is 10.7. The van der Waals surface area contributed by atoms with Crippen molar-refractivity contribution in [1.82, 2.24) is 10.2 Å². The highest BCUT2D eigenvalue weighted by atomic mass is 16.5. The molecule has 0 aliphatic carbocycles. The van der Waals surface area contributed by atoms with Crippen molar-refractivity contribution in [3.8, 4) is 0 Å². The molecular formula is C18H27N3O3. The van der Waals surface area contributed by atoms with Gasteiger partial charge in [-0.1, -0.05) is 24.3 Å². The number of amides is 1. The molecule has 0 saturated carbocycles. The molecule has 0 atom stereocenters. The number of benzene rings is 1. The van der Waals surface area contributed by atoms with Gasteiger partial charge in [-0.3, -0.25) is 9.69 Å². The van der Waals surface area contributed by atoms with Gasteiger partial charge in [-0.15, -0.1) is 0 Å². The number of nitrogens with one attached hydrogen (secondary N) is 1. The zero-order valence-corrected chi connectivity index (χ0v) is 14.1. The fraction of sp³-hybridized carbons (Fsp3) is 0.611. The number of ether oxygens (including phenoxy) is 2. The molecule has 132 valence electrons. The van der Waals surface area contributed by atoms with Gasteiger partial charge >= 0.3 is 0 Å². The van der Waals surface area contributed by atoms with Crippen molar-refractivity contribution in [3.63, 3.8) is 0 Å². The molecule has 6 heteroatoms. The van der Waals surface area contributed by atoms with Gasteiger partial charge in [0.1, 0.15) is 0 Å². The van der Waals surface area contributed by atoms with Crippen LogP contribution in [0.2, 0.25) is 0 Å². The molecule has 0 bridgehead atoms. The van der Waals surface area contributed by atoms with Gasteiger partial charge in [-0.2, -0.15) is 0 Å². The highest BCUT2D eigenvalue weighted by Crippen LogP contribution is 2.18. The minimum Gasteiger partial charge on any atom is -0.381 e. The van der Waals surface area contributed by atoms with E-state index in [2.05, 4.69) is 22.3 Å². The van der Waals surface area contributed by atoms with Crippen molar-refractivity contribution in [3.05, 3.63) is 35.4 Å². The third-order valence-electron chi connectivity index (χ3n) is 4.89. The normalized spacial score (nSPS) is 21.4. The molecule has 6 nitrogen and oxygen atoms in total. The first kappa shape index (κ1) is 17.4. The van der Waals surface area contributed by atoms with E-state index in [1.165, 1.54) is 5.56 Å². The van der Waals surface area contributed by atoms with Gasteiger partial charge in [0.2, 0.25) is 5.91 Å². The predicted octanol–water partition coefficient (Wildman–Crippen LogP) is 0.643. The summed E-state index contributed by atoms with van der Waals surface area (Å²) in [6.45, 7) is 5.98. The second-order valence-electron chi connectivity index (χ2n) is 6.61. The van der Waals surface area contributed by atoms with Gasteiger partial charge in [-0.05, 0) is 24.0 Å². The third kappa shape index (κ3) is 4.33. The van der Waals surface area contributed by atoms with Crippen molar-refractivity contribution in [2.45, 2.75) is 31.5 Å². The van der Waals surface area contributed by atoms with Crippen LogP contribution in [0.25, 0.3) is 0 Å². The zero-order valence-electron chi connectivity index (χ0n) is 14.1. The van der Waals surface area contributed by atoms with Crippen LogP contribution in [0.1, 0.15) is 24.0 Å². The first-order valence-electron chi connectivity index (χ1n) is 8.69. The summed E-state index contributed by atoms with van der Waals surface area (Å²) in [7, 11) is 0. The molecule has 1 aromatic carbocycles. The lowest BCUT2D eigenvalue weighted by atomic mass is 9.90. The van der Waals surface area contributed by atoms with Gasteiger partial charge < -0.3 is 20.5 Å². The fourth-order valence-electron chi connectivity index (χ4n) is 3.20. The molecule has 2 aliphatic rings. The van der Waals surface area contributed by atoms with Crippen molar-refractivity contribution in [1.29, 1.82) is 0 Å². The second-order valence-corrected chi connectivity index (χ2v) is 6.61. The molecule has 0 aromatic heterocycles. The number of nitrogens with zero attached hydrogens (tertiary/aromatic N) is 1. The molecule has 2 saturated heterocycles. The summed E-state index contributed by atoms with van der Waals surface area (Å²) >= 11 is 0. The number of rotatable bonds is 5. The topological polar surface area (TPSA) is 76.8 Å². The largest absolute Gasteiger partial charge is 0.381 e. The lowest BCUT2D eigenvalue weighted by Gasteiger charge is -2.32. The van der Waals surface area contributed by atoms with Crippen LogP contribution in [0.4, 0.5) is 0 Å². The molecule has 24 heavy (non-hydrogen) atoms. The Labute approximate surface area is 143 Å². The minimum absolute atomic E-state index is 0.0769. The van der Waals surface area contributed by atoms with Crippen molar-refractivity contribution < 1.29 is 14.3 Å². The monoisotopic (exact) mass is 333 g/mol. The van der Waals surface area contributed by atoms with E-state index in [0.29, 0.717) is 32.6 Å². The molecule has 0 radical (unpaired) electrons. The number of hydrogen-bond acceptors (Lipinski definition) is 5. The van der Waals surface area contributed by atoms with Crippen LogP contribution in [0, 0.1) is 0 Å². The third-order valence-corrected chi connectivity index (χ3v) is 4.89. The molecule has 2 fully saturated rings. The molecule has 1 amide bonds. The number of nitrogens with two attached hydrogens (primary N) is 1. The Morgan fingerprint density at radius 1 is 1.08 bits per heavy atom. The van der Waals surface area contributed by atoms with Crippen molar-refractivity contribution in [2.75, 3.05) is 39.5 Å². The van der Waals surface area contributed by atoms with Crippen LogP contribution in [0.15, 0.2) is 24.3 Å². The number of hydrogen-bond donors (Lipinski definition) is 2. The lowest BCUT2D eigenvalue weighted by molar-refractivity contribution is -0.129. The smallest absolute Gasteiger partial charge is 0.240 e. The van der Waals surface area contributed by atoms with Gasteiger partial charge in [-0.25, -0.2) is 0 Å². The van der Waals surface area contributed by atoms with Crippen LogP contribution in [0.3, 0.4) is 0 Å². The van der Waals surface area contributed by atoms with Crippen LogP contribution >= 0.6 is 0 Å². The molecular weight excluding hydrogens is 306 g/mol. The van der Waals surface area contributed by atoms with E-state index >= 15 is 0 Å². The summed E-state index contributed by atoms with van der Waals surface area (Å²) in [5, 5.41) is 3.02. The lowest BCUT2D eigenvalue weighted by Crippen LogP contribution is -2.56. The van der Waals surface area contributed by atoms with E-state index in [1.54, 1.807) is 0 Å². The SMILES string of the molecule is NC1(C(=O)NCc2ccccc2CN2CCOCC2)CCOCC1. The van der Waals surface area contributed by atoms with Gasteiger partial charge in [0.25, 0.3) is 0 Å². The van der Waals surface area contributed by atoms with Crippen molar-refractivity contribution >= 4 is 5.91 Å². The van der Waals surface area contributed by atoms with E-state index in [1.807, 2.05) is 12.1 Å². The highest BCUT2D eigenvalue weighted by molar-refractivity contribution is 5.86. The molecule has 2 heterocycles. The Morgan fingerprint density at radius 3 is 2.42 bits per heavy atom. The Bertz CT molecular complexity index is 552. The second kappa shape index (κ2) is 8.07. The van der Waals surface area contributed by atoms with E-state index in [4.69, 9.17) is 15.2 Å². The Kier molecular flexibility index (Phi) is 5.84. The minimum atomic E-state index is -0.794. The average Bonchev–Trinajstić information content (AvgIpc) is 2.62. The van der Waals surface area contributed by atoms with Crippen LogP contribution in [0.5, 0.6) is 0 Å². The van der Waals surface area contributed by atoms with E-state index in [-0.39, 0.29) is 5.91 Å². The maximum atomic E-state index is 12.5. The Morgan fingerprint density at radius 2 is 1.71 bits per heavy atom. The number of carbonyl (C=O) groups is 1. The summed E-state index contributed by atoms with van der Waals surface area (Å²) in [6, 6.07) is 8.26. The predicted molar refractivity (Wildman–Crippen MR) is 91.4 cm³/mol. The van der Waals surface area contributed by atoms with Crippen molar-refractivity contribution in [2.24, 2.45) is 5.73 Å². The van der Waals surface area contributed by atoms with E-state index in [0.717, 1.165) is 38.4 Å². The highest BCUT2D eigenvalue weighted by Gasteiger charge is 2.35. The maximum Gasteiger partial charge on any atom is 0.240 e. The molecule has 0 spiro atoms. The summed E-state index contributed by atoms with van der Waals surface area (Å²) in [5.74, 6) is -0.0769. The summed E-state index contributed by atoms with van der Waals surface area (Å²) in [4.78, 5) is 14.9. The maximum absolute atomic E-state index is 12.5. The van der Waals surface area contributed by atoms with Crippen LogP contribution < -0.4 is 11.1 Å².